The topological polar surface area (TPSA) is 43.4 Å². The minimum absolute atomic E-state index is 0.0282. The van der Waals surface area contributed by atoms with Gasteiger partial charge in [0.2, 0.25) is 0 Å². The Kier molecular flexibility index (Phi) is 2.60. The van der Waals surface area contributed by atoms with E-state index >= 15 is 0 Å². The average Bonchev–Trinajstić information content (AvgIpc) is 2.70. The molecule has 0 spiro atoms. The number of hydrogen-bond acceptors (Lipinski definition) is 3. The van der Waals surface area contributed by atoms with Crippen LogP contribution in [0.4, 0.5) is 0 Å². The average molecular weight is 216 g/mol. The van der Waals surface area contributed by atoms with Crippen molar-refractivity contribution in [1.82, 2.24) is 0 Å². The normalized spacial score (nSPS) is 17.4. The van der Waals surface area contributed by atoms with Gasteiger partial charge in [0.1, 0.15) is 18.1 Å². The van der Waals surface area contributed by atoms with Crippen LogP contribution in [0, 0.1) is 0 Å². The number of rotatable bonds is 3. The molecule has 1 atom stereocenters. The van der Waals surface area contributed by atoms with Gasteiger partial charge < -0.3 is 4.74 Å². The summed E-state index contributed by atoms with van der Waals surface area (Å²) < 4.78 is 5.55. The number of Topliss-reactive ketones (excluding diaryl/α,β-unsaturated/α-hetero) is 1. The van der Waals surface area contributed by atoms with Gasteiger partial charge in [0.15, 0.2) is 5.78 Å². The second kappa shape index (κ2) is 3.93. The summed E-state index contributed by atoms with van der Waals surface area (Å²) >= 11 is 0. The van der Waals surface area contributed by atoms with E-state index < -0.39 is 0 Å². The van der Waals surface area contributed by atoms with Crippen molar-refractivity contribution in [2.45, 2.75) is 19.4 Å². The molecule has 1 aromatic carbocycles. The summed E-state index contributed by atoms with van der Waals surface area (Å²) in [5, 5.41) is 0. The molecule has 0 N–H and O–H groups in total. The predicted octanol–water partition coefficient (Wildman–Crippen LogP) is 1.95. The highest BCUT2D eigenvalue weighted by molar-refractivity contribution is 5.94. The lowest BCUT2D eigenvalue weighted by molar-refractivity contribution is -0.105. The molecular weight excluding hydrogens is 204 g/mol. The van der Waals surface area contributed by atoms with Crippen molar-refractivity contribution in [1.29, 1.82) is 0 Å². The molecule has 3 nitrogen and oxygen atoms in total. The number of carbonyl (C=O) groups excluding carboxylic acids is 2. The van der Waals surface area contributed by atoms with Gasteiger partial charge in [0.25, 0.3) is 0 Å². The van der Waals surface area contributed by atoms with Gasteiger partial charge in [-0.05, 0) is 30.7 Å². The molecule has 1 heterocycles. The van der Waals surface area contributed by atoms with E-state index in [-0.39, 0.29) is 11.9 Å². The SMILES string of the molecule is C=C(C=O)[C@@H]1Cc2cc(C(C)=O)ccc2O1. The Hall–Kier alpha value is -1.90. The molecule has 0 bridgehead atoms. The van der Waals surface area contributed by atoms with Crippen LogP contribution in [-0.4, -0.2) is 18.2 Å². The molecule has 0 unspecified atom stereocenters. The lowest BCUT2D eigenvalue weighted by Crippen LogP contribution is -2.16. The second-order valence-corrected chi connectivity index (χ2v) is 3.88. The van der Waals surface area contributed by atoms with Gasteiger partial charge >= 0.3 is 0 Å². The summed E-state index contributed by atoms with van der Waals surface area (Å²) in [4.78, 5) is 21.8. The number of aldehydes is 1. The van der Waals surface area contributed by atoms with Gasteiger partial charge in [-0.15, -0.1) is 0 Å². The lowest BCUT2D eigenvalue weighted by atomic mass is 10.0. The molecule has 0 fully saturated rings. The first-order valence-electron chi connectivity index (χ1n) is 5.06. The van der Waals surface area contributed by atoms with Crippen molar-refractivity contribution in [2.75, 3.05) is 0 Å². The Morgan fingerprint density at radius 3 is 2.94 bits per heavy atom. The minimum Gasteiger partial charge on any atom is -0.485 e. The van der Waals surface area contributed by atoms with Crippen LogP contribution < -0.4 is 4.74 Å². The zero-order valence-electron chi connectivity index (χ0n) is 9.03. The molecule has 1 aromatic rings. The second-order valence-electron chi connectivity index (χ2n) is 3.88. The van der Waals surface area contributed by atoms with Gasteiger partial charge in [0.05, 0.1) is 0 Å². The summed E-state index contributed by atoms with van der Waals surface area (Å²) in [6, 6.07) is 5.31. The number of benzene rings is 1. The van der Waals surface area contributed by atoms with Gasteiger partial charge in [0, 0.05) is 17.6 Å². The van der Waals surface area contributed by atoms with Crippen LogP contribution in [0.25, 0.3) is 0 Å². The first-order chi connectivity index (χ1) is 7.61. The molecule has 0 aromatic heterocycles. The maximum absolute atomic E-state index is 11.2. The summed E-state index contributed by atoms with van der Waals surface area (Å²) in [7, 11) is 0. The Bertz CT molecular complexity index is 474. The predicted molar refractivity (Wildman–Crippen MR) is 59.8 cm³/mol. The first kappa shape index (κ1) is 10.6. The molecule has 0 amide bonds. The van der Waals surface area contributed by atoms with Crippen LogP contribution in [0.5, 0.6) is 5.75 Å². The number of carbonyl (C=O) groups is 2. The maximum atomic E-state index is 11.2. The fraction of sp³-hybridized carbons (Fsp3) is 0.231. The largest absolute Gasteiger partial charge is 0.485 e. The Morgan fingerprint density at radius 2 is 2.31 bits per heavy atom. The van der Waals surface area contributed by atoms with Gasteiger partial charge in [-0.1, -0.05) is 6.58 Å². The van der Waals surface area contributed by atoms with Crippen molar-refractivity contribution in [3.63, 3.8) is 0 Å². The fourth-order valence-electron chi connectivity index (χ4n) is 1.75. The highest BCUT2D eigenvalue weighted by atomic mass is 16.5. The summed E-state index contributed by atoms with van der Waals surface area (Å²) in [5.41, 5.74) is 2.06. The minimum atomic E-state index is -0.283. The van der Waals surface area contributed by atoms with Gasteiger partial charge in [-0.25, -0.2) is 0 Å². The van der Waals surface area contributed by atoms with E-state index in [9.17, 15) is 9.59 Å². The monoisotopic (exact) mass is 216 g/mol. The standard InChI is InChI=1S/C13H12O3/c1-8(7-14)13-6-11-5-10(9(2)15)3-4-12(11)16-13/h3-5,7,13H,1,6H2,2H3/t13-/m0/s1. The fourth-order valence-corrected chi connectivity index (χ4v) is 1.75. The van der Waals surface area contributed by atoms with Crippen LogP contribution >= 0.6 is 0 Å². The molecule has 3 heteroatoms. The van der Waals surface area contributed by atoms with E-state index in [0.29, 0.717) is 23.8 Å². The van der Waals surface area contributed by atoms with Crippen molar-refractivity contribution in [3.8, 4) is 5.75 Å². The summed E-state index contributed by atoms with van der Waals surface area (Å²) in [5.74, 6) is 0.762. The molecule has 1 aliphatic rings. The van der Waals surface area contributed by atoms with E-state index in [1.807, 2.05) is 6.07 Å². The zero-order valence-corrected chi connectivity index (χ0v) is 9.03. The van der Waals surface area contributed by atoms with Gasteiger partial charge in [-0.3, -0.25) is 9.59 Å². The smallest absolute Gasteiger partial charge is 0.159 e. The highest BCUT2D eigenvalue weighted by Crippen LogP contribution is 2.31. The Morgan fingerprint density at radius 1 is 1.56 bits per heavy atom. The molecule has 82 valence electrons. The number of hydrogen-bond donors (Lipinski definition) is 0. The van der Waals surface area contributed by atoms with Crippen LogP contribution in [0.15, 0.2) is 30.4 Å². The van der Waals surface area contributed by atoms with Crippen molar-refractivity contribution < 1.29 is 14.3 Å². The molecule has 0 aliphatic carbocycles. The van der Waals surface area contributed by atoms with Gasteiger partial charge in [-0.2, -0.15) is 0 Å². The number of fused-ring (bicyclic) bond motifs is 1. The molecular formula is C13H12O3. The van der Waals surface area contributed by atoms with Crippen LogP contribution in [-0.2, 0) is 11.2 Å². The van der Waals surface area contributed by atoms with E-state index in [0.717, 1.165) is 11.3 Å². The maximum Gasteiger partial charge on any atom is 0.159 e. The highest BCUT2D eigenvalue weighted by Gasteiger charge is 2.25. The van der Waals surface area contributed by atoms with Crippen LogP contribution in [0.1, 0.15) is 22.8 Å². The van der Waals surface area contributed by atoms with E-state index in [4.69, 9.17) is 4.74 Å². The van der Waals surface area contributed by atoms with E-state index in [1.54, 1.807) is 12.1 Å². The van der Waals surface area contributed by atoms with Crippen molar-refractivity contribution >= 4 is 12.1 Å². The third kappa shape index (κ3) is 1.76. The zero-order chi connectivity index (χ0) is 11.7. The molecule has 0 radical (unpaired) electrons. The molecule has 2 rings (SSSR count). The first-order valence-corrected chi connectivity index (χ1v) is 5.06. The van der Waals surface area contributed by atoms with Crippen molar-refractivity contribution in [3.05, 3.63) is 41.5 Å². The molecule has 1 aliphatic heterocycles. The van der Waals surface area contributed by atoms with Crippen molar-refractivity contribution in [2.24, 2.45) is 0 Å². The quantitative estimate of drug-likeness (QED) is 0.440. The number of ketones is 1. The summed E-state index contributed by atoms with van der Waals surface area (Å²) in [6.07, 6.45) is 1.03. The van der Waals surface area contributed by atoms with Crippen LogP contribution in [0.2, 0.25) is 0 Å². The third-order valence-electron chi connectivity index (χ3n) is 2.71. The molecule has 0 saturated heterocycles. The Balaban J connectivity index is 2.28. The third-order valence-corrected chi connectivity index (χ3v) is 2.71. The number of ether oxygens (including phenoxy) is 1. The van der Waals surface area contributed by atoms with E-state index in [2.05, 4.69) is 6.58 Å². The van der Waals surface area contributed by atoms with E-state index in [1.165, 1.54) is 6.92 Å². The lowest BCUT2D eigenvalue weighted by Gasteiger charge is -2.07. The van der Waals surface area contributed by atoms with Crippen LogP contribution in [0.3, 0.4) is 0 Å². The summed E-state index contributed by atoms with van der Waals surface area (Å²) in [6.45, 7) is 5.16. The Labute approximate surface area is 93.7 Å². The molecule has 0 saturated carbocycles. The molecule has 16 heavy (non-hydrogen) atoms.